The summed E-state index contributed by atoms with van der Waals surface area (Å²) in [5.74, 6) is -1.09. The van der Waals surface area contributed by atoms with Crippen LogP contribution >= 0.6 is 0 Å². The molecule has 0 saturated heterocycles. The SMILES string of the molecule is NC(=O)c1ccccc1NC(=O)c1cnn(-c2ccccc2)n1. The van der Waals surface area contributed by atoms with Gasteiger partial charge in [-0.1, -0.05) is 30.3 Å². The molecule has 7 nitrogen and oxygen atoms in total. The molecule has 2 amide bonds. The van der Waals surface area contributed by atoms with Crippen molar-refractivity contribution >= 4 is 17.5 Å². The van der Waals surface area contributed by atoms with Gasteiger partial charge in [-0.2, -0.15) is 9.90 Å². The van der Waals surface area contributed by atoms with Gasteiger partial charge in [0.15, 0.2) is 5.69 Å². The zero-order valence-electron chi connectivity index (χ0n) is 12.0. The summed E-state index contributed by atoms with van der Waals surface area (Å²) in [5.41, 5.74) is 6.72. The summed E-state index contributed by atoms with van der Waals surface area (Å²) in [5, 5.41) is 10.8. The molecule has 3 N–H and O–H groups in total. The molecule has 23 heavy (non-hydrogen) atoms. The molecule has 0 saturated carbocycles. The van der Waals surface area contributed by atoms with Gasteiger partial charge < -0.3 is 11.1 Å². The molecule has 0 aliphatic carbocycles. The largest absolute Gasteiger partial charge is 0.366 e. The van der Waals surface area contributed by atoms with E-state index in [1.165, 1.54) is 11.0 Å². The highest BCUT2D eigenvalue weighted by Crippen LogP contribution is 2.15. The first kappa shape index (κ1) is 14.5. The lowest BCUT2D eigenvalue weighted by molar-refractivity contribution is 0.100. The highest BCUT2D eigenvalue weighted by atomic mass is 16.2. The van der Waals surface area contributed by atoms with Gasteiger partial charge in [-0.25, -0.2) is 0 Å². The lowest BCUT2D eigenvalue weighted by Gasteiger charge is -2.06. The van der Waals surface area contributed by atoms with Crippen LogP contribution < -0.4 is 11.1 Å². The third-order valence-corrected chi connectivity index (χ3v) is 3.15. The smallest absolute Gasteiger partial charge is 0.277 e. The summed E-state index contributed by atoms with van der Waals surface area (Å²) in [7, 11) is 0. The highest BCUT2D eigenvalue weighted by Gasteiger charge is 2.15. The Morgan fingerprint density at radius 3 is 2.43 bits per heavy atom. The zero-order valence-corrected chi connectivity index (χ0v) is 12.0. The van der Waals surface area contributed by atoms with Crippen LogP contribution in [0.1, 0.15) is 20.8 Å². The zero-order chi connectivity index (χ0) is 16.2. The second kappa shape index (κ2) is 6.10. The molecule has 0 spiro atoms. The van der Waals surface area contributed by atoms with Gasteiger partial charge in [0.1, 0.15) is 0 Å². The normalized spacial score (nSPS) is 10.3. The van der Waals surface area contributed by atoms with E-state index in [0.717, 1.165) is 5.69 Å². The molecule has 1 heterocycles. The van der Waals surface area contributed by atoms with Crippen molar-refractivity contribution < 1.29 is 9.59 Å². The van der Waals surface area contributed by atoms with Crippen molar-refractivity contribution in [3.05, 3.63) is 72.1 Å². The molecular weight excluding hydrogens is 294 g/mol. The minimum atomic E-state index is -0.617. The quantitative estimate of drug-likeness (QED) is 0.764. The average Bonchev–Trinajstić information content (AvgIpc) is 3.06. The first-order chi connectivity index (χ1) is 11.1. The van der Waals surface area contributed by atoms with E-state index in [1.54, 1.807) is 24.3 Å². The fourth-order valence-electron chi connectivity index (χ4n) is 2.05. The summed E-state index contributed by atoms with van der Waals surface area (Å²) in [4.78, 5) is 25.0. The second-order valence-corrected chi connectivity index (χ2v) is 4.72. The van der Waals surface area contributed by atoms with Crippen molar-refractivity contribution in [2.24, 2.45) is 5.73 Å². The Morgan fingerprint density at radius 2 is 1.70 bits per heavy atom. The van der Waals surface area contributed by atoms with Gasteiger partial charge in [-0.05, 0) is 24.3 Å². The molecule has 0 atom stereocenters. The van der Waals surface area contributed by atoms with Gasteiger partial charge in [0.2, 0.25) is 0 Å². The molecule has 3 rings (SSSR count). The van der Waals surface area contributed by atoms with Crippen LogP contribution in [-0.2, 0) is 0 Å². The highest BCUT2D eigenvalue weighted by molar-refractivity contribution is 6.07. The third-order valence-electron chi connectivity index (χ3n) is 3.15. The Hall–Kier alpha value is -3.48. The molecular formula is C16H13N5O2. The predicted molar refractivity (Wildman–Crippen MR) is 84.3 cm³/mol. The Balaban J connectivity index is 1.83. The van der Waals surface area contributed by atoms with Crippen LogP contribution in [0, 0.1) is 0 Å². The lowest BCUT2D eigenvalue weighted by atomic mass is 10.1. The van der Waals surface area contributed by atoms with Crippen molar-refractivity contribution in [2.45, 2.75) is 0 Å². The molecule has 2 aromatic carbocycles. The number of nitrogens with two attached hydrogens (primary N) is 1. The van der Waals surface area contributed by atoms with Crippen LogP contribution in [0.3, 0.4) is 0 Å². The Kier molecular flexibility index (Phi) is 3.84. The van der Waals surface area contributed by atoms with E-state index in [4.69, 9.17) is 5.73 Å². The topological polar surface area (TPSA) is 103 Å². The van der Waals surface area contributed by atoms with Crippen molar-refractivity contribution in [3.8, 4) is 5.69 Å². The third kappa shape index (κ3) is 3.08. The van der Waals surface area contributed by atoms with E-state index < -0.39 is 11.8 Å². The number of benzene rings is 2. The van der Waals surface area contributed by atoms with Crippen LogP contribution in [0.25, 0.3) is 5.69 Å². The Bertz CT molecular complexity index is 858. The number of carbonyl (C=O) groups is 2. The van der Waals surface area contributed by atoms with Crippen LogP contribution in [0.15, 0.2) is 60.8 Å². The molecule has 0 aliphatic rings. The van der Waals surface area contributed by atoms with Crippen LogP contribution in [0.4, 0.5) is 5.69 Å². The number of amides is 2. The number of para-hydroxylation sites is 2. The summed E-state index contributed by atoms with van der Waals surface area (Å²) in [6.45, 7) is 0. The molecule has 7 heteroatoms. The summed E-state index contributed by atoms with van der Waals surface area (Å²) in [6.07, 6.45) is 1.36. The number of nitrogens with one attached hydrogen (secondary N) is 1. The minimum Gasteiger partial charge on any atom is -0.366 e. The Morgan fingerprint density at radius 1 is 1.00 bits per heavy atom. The molecule has 0 bridgehead atoms. The van der Waals surface area contributed by atoms with Crippen LogP contribution in [0.5, 0.6) is 0 Å². The van der Waals surface area contributed by atoms with Crippen molar-refractivity contribution in [3.63, 3.8) is 0 Å². The van der Waals surface area contributed by atoms with Gasteiger partial charge in [-0.15, -0.1) is 5.10 Å². The monoisotopic (exact) mass is 307 g/mol. The molecule has 0 fully saturated rings. The first-order valence-corrected chi connectivity index (χ1v) is 6.83. The van der Waals surface area contributed by atoms with Crippen molar-refractivity contribution in [1.29, 1.82) is 0 Å². The van der Waals surface area contributed by atoms with E-state index >= 15 is 0 Å². The number of nitrogens with zero attached hydrogens (tertiary/aromatic N) is 3. The maximum absolute atomic E-state index is 12.3. The van der Waals surface area contributed by atoms with E-state index in [2.05, 4.69) is 15.5 Å². The fraction of sp³-hybridized carbons (Fsp3) is 0. The average molecular weight is 307 g/mol. The molecule has 0 aliphatic heterocycles. The standard InChI is InChI=1S/C16H13N5O2/c17-15(22)12-8-4-5-9-13(12)19-16(23)14-10-18-21(20-14)11-6-2-1-3-7-11/h1-10H,(H2,17,22)(H,19,23). The van der Waals surface area contributed by atoms with Crippen molar-refractivity contribution in [2.75, 3.05) is 5.32 Å². The number of anilines is 1. The summed E-state index contributed by atoms with van der Waals surface area (Å²) >= 11 is 0. The van der Waals surface area contributed by atoms with Gasteiger partial charge in [0.05, 0.1) is 23.1 Å². The number of hydrogen-bond donors (Lipinski definition) is 2. The minimum absolute atomic E-state index is 0.133. The maximum atomic E-state index is 12.3. The van der Waals surface area contributed by atoms with Crippen LogP contribution in [-0.4, -0.2) is 26.8 Å². The van der Waals surface area contributed by atoms with Crippen molar-refractivity contribution in [1.82, 2.24) is 15.0 Å². The van der Waals surface area contributed by atoms with E-state index in [1.807, 2.05) is 30.3 Å². The van der Waals surface area contributed by atoms with Gasteiger partial charge in [0.25, 0.3) is 11.8 Å². The summed E-state index contributed by atoms with van der Waals surface area (Å²) < 4.78 is 0. The van der Waals surface area contributed by atoms with E-state index in [-0.39, 0.29) is 11.3 Å². The van der Waals surface area contributed by atoms with Gasteiger partial charge >= 0.3 is 0 Å². The maximum Gasteiger partial charge on any atom is 0.277 e. The fourth-order valence-corrected chi connectivity index (χ4v) is 2.05. The molecule has 1 aromatic heterocycles. The number of primary amides is 1. The molecule has 0 unspecified atom stereocenters. The molecule has 114 valence electrons. The lowest BCUT2D eigenvalue weighted by Crippen LogP contribution is -2.18. The van der Waals surface area contributed by atoms with E-state index in [0.29, 0.717) is 5.69 Å². The number of hydrogen-bond acceptors (Lipinski definition) is 4. The Labute approximate surface area is 131 Å². The van der Waals surface area contributed by atoms with Crippen LogP contribution in [0.2, 0.25) is 0 Å². The molecule has 3 aromatic rings. The van der Waals surface area contributed by atoms with Gasteiger partial charge in [-0.3, -0.25) is 9.59 Å². The molecule has 0 radical (unpaired) electrons. The van der Waals surface area contributed by atoms with Gasteiger partial charge in [0, 0.05) is 0 Å². The first-order valence-electron chi connectivity index (χ1n) is 6.83. The second-order valence-electron chi connectivity index (χ2n) is 4.72. The predicted octanol–water partition coefficient (Wildman–Crippen LogP) is 1.62. The number of carbonyl (C=O) groups excluding carboxylic acids is 2. The summed E-state index contributed by atoms with van der Waals surface area (Å²) in [6, 6.07) is 15.7. The number of rotatable bonds is 4. The van der Waals surface area contributed by atoms with E-state index in [9.17, 15) is 9.59 Å². The number of aromatic nitrogens is 3.